The van der Waals surface area contributed by atoms with Gasteiger partial charge < -0.3 is 8.83 Å². The summed E-state index contributed by atoms with van der Waals surface area (Å²) in [5, 5.41) is 0.123. The number of oxazole rings is 2. The summed E-state index contributed by atoms with van der Waals surface area (Å²) in [6.07, 6.45) is 2.00. The SMILES string of the molecule is Cc1nc(Cl)oc1-c1cccc(Cc2cc(F)cc(-c3cnc(Cl)o3)c2)c1. The number of aryl methyl sites for hydroxylation is 1. The van der Waals surface area contributed by atoms with Gasteiger partial charge in [0.05, 0.1) is 11.9 Å². The first-order valence-electron chi connectivity index (χ1n) is 8.11. The van der Waals surface area contributed by atoms with Gasteiger partial charge in [-0.05, 0) is 71.9 Å². The molecule has 4 aromatic rings. The zero-order valence-corrected chi connectivity index (χ0v) is 15.7. The van der Waals surface area contributed by atoms with Crippen LogP contribution in [0.3, 0.4) is 0 Å². The van der Waals surface area contributed by atoms with Crippen LogP contribution in [0.2, 0.25) is 10.7 Å². The van der Waals surface area contributed by atoms with Crippen molar-refractivity contribution in [3.8, 4) is 22.6 Å². The second-order valence-corrected chi connectivity index (χ2v) is 6.73. The molecule has 0 N–H and O–H groups in total. The van der Waals surface area contributed by atoms with Crippen LogP contribution in [0.15, 0.2) is 57.5 Å². The summed E-state index contributed by atoms with van der Waals surface area (Å²) < 4.78 is 24.8. The lowest BCUT2D eigenvalue weighted by atomic mass is 9.99. The van der Waals surface area contributed by atoms with Crippen LogP contribution in [-0.4, -0.2) is 9.97 Å². The highest BCUT2D eigenvalue weighted by Crippen LogP contribution is 2.29. The zero-order chi connectivity index (χ0) is 19.0. The molecule has 27 heavy (non-hydrogen) atoms. The van der Waals surface area contributed by atoms with Gasteiger partial charge in [-0.3, -0.25) is 0 Å². The van der Waals surface area contributed by atoms with Gasteiger partial charge in [0.1, 0.15) is 5.82 Å². The molecule has 0 fully saturated rings. The molecule has 0 atom stereocenters. The third-order valence-corrected chi connectivity index (χ3v) is 4.42. The van der Waals surface area contributed by atoms with Crippen LogP contribution in [0.5, 0.6) is 0 Å². The highest BCUT2D eigenvalue weighted by atomic mass is 35.5. The van der Waals surface area contributed by atoms with Crippen LogP contribution in [0.1, 0.15) is 16.8 Å². The van der Waals surface area contributed by atoms with Gasteiger partial charge in [0.15, 0.2) is 11.5 Å². The number of rotatable bonds is 4. The maximum absolute atomic E-state index is 14.1. The molecule has 0 aliphatic rings. The minimum atomic E-state index is -0.357. The van der Waals surface area contributed by atoms with Gasteiger partial charge in [-0.1, -0.05) is 18.2 Å². The van der Waals surface area contributed by atoms with E-state index < -0.39 is 0 Å². The molecule has 0 saturated carbocycles. The number of halogens is 3. The van der Waals surface area contributed by atoms with Crippen molar-refractivity contribution in [2.24, 2.45) is 0 Å². The quantitative estimate of drug-likeness (QED) is 0.399. The standard InChI is InChI=1S/C20H13Cl2FN2O2/c1-11-18(27-20(22)25-11)14-4-2-3-12(6-14)5-13-7-15(9-16(23)8-13)17-10-24-19(21)26-17/h2-4,6-10H,5H2,1H3. The molecule has 0 radical (unpaired) electrons. The average molecular weight is 403 g/mol. The van der Waals surface area contributed by atoms with E-state index in [1.807, 2.05) is 37.3 Å². The number of nitrogens with zero attached hydrogens (tertiary/aromatic N) is 2. The monoisotopic (exact) mass is 402 g/mol. The summed E-state index contributed by atoms with van der Waals surface area (Å²) in [5.41, 5.74) is 3.95. The van der Waals surface area contributed by atoms with Crippen LogP contribution < -0.4 is 0 Å². The topological polar surface area (TPSA) is 52.1 Å². The van der Waals surface area contributed by atoms with E-state index in [0.717, 1.165) is 16.7 Å². The summed E-state index contributed by atoms with van der Waals surface area (Å²) in [6, 6.07) is 12.5. The average Bonchev–Trinajstić information content (AvgIpc) is 3.20. The maximum Gasteiger partial charge on any atom is 0.292 e. The Bertz CT molecular complexity index is 1120. The predicted molar refractivity (Wildman–Crippen MR) is 101 cm³/mol. The van der Waals surface area contributed by atoms with Crippen molar-refractivity contribution in [2.75, 3.05) is 0 Å². The molecular weight excluding hydrogens is 390 g/mol. The second-order valence-electron chi connectivity index (χ2n) is 6.08. The summed E-state index contributed by atoms with van der Waals surface area (Å²) in [6.45, 7) is 1.83. The zero-order valence-electron chi connectivity index (χ0n) is 14.2. The summed E-state index contributed by atoms with van der Waals surface area (Å²) in [5.74, 6) is 0.684. The first-order chi connectivity index (χ1) is 13.0. The lowest BCUT2D eigenvalue weighted by Crippen LogP contribution is -1.92. The molecule has 0 aliphatic heterocycles. The normalized spacial score (nSPS) is 11.1. The predicted octanol–water partition coefficient (Wildman–Crippen LogP) is 6.34. The van der Waals surface area contributed by atoms with E-state index in [0.29, 0.717) is 29.2 Å². The van der Waals surface area contributed by atoms with Gasteiger partial charge in [-0.2, -0.15) is 0 Å². The third-order valence-electron chi connectivity index (χ3n) is 4.09. The Labute approximate surface area is 164 Å². The van der Waals surface area contributed by atoms with Crippen LogP contribution in [0.25, 0.3) is 22.6 Å². The molecule has 0 unspecified atom stereocenters. The van der Waals surface area contributed by atoms with Crippen molar-refractivity contribution in [3.05, 3.63) is 82.0 Å². The number of aromatic nitrogens is 2. The fourth-order valence-electron chi connectivity index (χ4n) is 2.97. The van der Waals surface area contributed by atoms with E-state index in [1.54, 1.807) is 0 Å². The van der Waals surface area contributed by atoms with Gasteiger partial charge >= 0.3 is 0 Å². The smallest absolute Gasteiger partial charge is 0.292 e. The Morgan fingerprint density at radius 3 is 2.48 bits per heavy atom. The minimum Gasteiger partial charge on any atom is -0.428 e. The molecular formula is C20H13Cl2FN2O2. The van der Waals surface area contributed by atoms with Gasteiger partial charge in [0.25, 0.3) is 10.7 Å². The maximum atomic E-state index is 14.1. The van der Waals surface area contributed by atoms with Gasteiger partial charge in [0, 0.05) is 11.1 Å². The highest BCUT2D eigenvalue weighted by Gasteiger charge is 2.12. The van der Waals surface area contributed by atoms with Crippen LogP contribution >= 0.6 is 23.2 Å². The molecule has 0 amide bonds. The molecule has 136 valence electrons. The summed E-state index contributed by atoms with van der Waals surface area (Å²) >= 11 is 11.6. The molecule has 2 aromatic carbocycles. The Balaban J connectivity index is 1.66. The molecule has 7 heteroatoms. The first-order valence-corrected chi connectivity index (χ1v) is 8.87. The molecule has 0 bridgehead atoms. The van der Waals surface area contributed by atoms with E-state index >= 15 is 0 Å². The fraction of sp³-hybridized carbons (Fsp3) is 0.100. The number of benzene rings is 2. The van der Waals surface area contributed by atoms with Crippen molar-refractivity contribution < 1.29 is 13.2 Å². The lowest BCUT2D eigenvalue weighted by molar-refractivity contribution is 0.572. The fourth-order valence-corrected chi connectivity index (χ4v) is 3.31. The van der Waals surface area contributed by atoms with E-state index in [-0.39, 0.29) is 16.5 Å². The van der Waals surface area contributed by atoms with Crippen molar-refractivity contribution in [1.29, 1.82) is 0 Å². The third kappa shape index (κ3) is 3.89. The Kier molecular flexibility index (Phi) is 4.72. The first kappa shape index (κ1) is 17.8. The highest BCUT2D eigenvalue weighted by molar-refractivity contribution is 6.28. The summed E-state index contributed by atoms with van der Waals surface area (Å²) in [7, 11) is 0. The van der Waals surface area contributed by atoms with Gasteiger partial charge in [-0.25, -0.2) is 14.4 Å². The summed E-state index contributed by atoms with van der Waals surface area (Å²) in [4.78, 5) is 7.92. The molecule has 0 saturated heterocycles. The van der Waals surface area contributed by atoms with Crippen LogP contribution in [0, 0.1) is 12.7 Å². The Morgan fingerprint density at radius 2 is 1.78 bits per heavy atom. The molecule has 0 spiro atoms. The van der Waals surface area contributed by atoms with Gasteiger partial charge in [0.2, 0.25) is 0 Å². The van der Waals surface area contributed by atoms with Crippen LogP contribution in [0.4, 0.5) is 4.39 Å². The molecule has 4 nitrogen and oxygen atoms in total. The molecule has 2 heterocycles. The Hall–Kier alpha value is -2.63. The van der Waals surface area contributed by atoms with Crippen LogP contribution in [-0.2, 0) is 6.42 Å². The van der Waals surface area contributed by atoms with Crippen molar-refractivity contribution in [3.63, 3.8) is 0 Å². The number of hydrogen-bond acceptors (Lipinski definition) is 4. The molecule has 2 aromatic heterocycles. The van der Waals surface area contributed by atoms with Gasteiger partial charge in [-0.15, -0.1) is 0 Å². The number of hydrogen-bond donors (Lipinski definition) is 0. The second kappa shape index (κ2) is 7.18. The molecule has 4 rings (SSSR count). The van der Waals surface area contributed by atoms with E-state index in [1.165, 1.54) is 18.3 Å². The lowest BCUT2D eigenvalue weighted by Gasteiger charge is -2.07. The Morgan fingerprint density at radius 1 is 0.963 bits per heavy atom. The van der Waals surface area contributed by atoms with Crippen molar-refractivity contribution in [1.82, 2.24) is 9.97 Å². The van der Waals surface area contributed by atoms with E-state index in [9.17, 15) is 4.39 Å². The van der Waals surface area contributed by atoms with Crippen molar-refractivity contribution in [2.45, 2.75) is 13.3 Å². The molecule has 0 aliphatic carbocycles. The minimum absolute atomic E-state index is 0.0181. The van der Waals surface area contributed by atoms with E-state index in [4.69, 9.17) is 32.0 Å². The van der Waals surface area contributed by atoms with Crippen molar-refractivity contribution >= 4 is 23.2 Å². The van der Waals surface area contributed by atoms with E-state index in [2.05, 4.69) is 9.97 Å². The largest absolute Gasteiger partial charge is 0.428 e.